The molecular formula is C25H29F3N8OS. The van der Waals surface area contributed by atoms with Gasteiger partial charge in [0.15, 0.2) is 17.2 Å². The zero-order valence-electron chi connectivity index (χ0n) is 21.1. The third-order valence-electron chi connectivity index (χ3n) is 6.42. The molecule has 1 aliphatic rings. The lowest BCUT2D eigenvalue weighted by Crippen LogP contribution is -2.10. The number of alkyl halides is 3. The number of halogens is 3. The molecule has 3 heterocycles. The Morgan fingerprint density at radius 2 is 2.05 bits per heavy atom. The van der Waals surface area contributed by atoms with E-state index in [-0.39, 0.29) is 11.3 Å². The van der Waals surface area contributed by atoms with Crippen LogP contribution in [0.3, 0.4) is 0 Å². The summed E-state index contributed by atoms with van der Waals surface area (Å²) in [6.07, 6.45) is 5.60. The number of fused-ring (bicyclic) bond motifs is 1. The van der Waals surface area contributed by atoms with E-state index in [9.17, 15) is 17.4 Å². The van der Waals surface area contributed by atoms with E-state index in [0.717, 1.165) is 18.4 Å². The molecule has 0 bridgehead atoms. The molecule has 1 unspecified atom stereocenters. The van der Waals surface area contributed by atoms with E-state index < -0.39 is 21.6 Å². The predicted octanol–water partition coefficient (Wildman–Crippen LogP) is 4.88. The van der Waals surface area contributed by atoms with E-state index in [2.05, 4.69) is 24.7 Å². The first kappa shape index (κ1) is 26.2. The minimum atomic E-state index is -4.60. The first-order valence-corrected chi connectivity index (χ1v) is 14.2. The number of anilines is 2. The minimum Gasteiger partial charge on any atom is -0.337 e. The molecule has 4 aromatic rings. The van der Waals surface area contributed by atoms with Gasteiger partial charge in [0, 0.05) is 43.6 Å². The van der Waals surface area contributed by atoms with Crippen LogP contribution in [0.5, 0.6) is 0 Å². The van der Waals surface area contributed by atoms with Gasteiger partial charge in [0.25, 0.3) is 0 Å². The van der Waals surface area contributed by atoms with Crippen molar-refractivity contribution in [2.75, 3.05) is 24.7 Å². The Morgan fingerprint density at radius 3 is 2.74 bits per heavy atom. The highest BCUT2D eigenvalue weighted by atomic mass is 32.2. The summed E-state index contributed by atoms with van der Waals surface area (Å²) in [6.45, 7) is 3.22. The monoisotopic (exact) mass is 546 g/mol. The fourth-order valence-corrected chi connectivity index (χ4v) is 5.97. The Bertz CT molecular complexity index is 1600. The van der Waals surface area contributed by atoms with Crippen molar-refractivity contribution in [3.8, 4) is 11.3 Å². The van der Waals surface area contributed by atoms with Crippen molar-refractivity contribution in [1.82, 2.24) is 24.1 Å². The highest BCUT2D eigenvalue weighted by molar-refractivity contribution is 7.93. The number of nitrogens with zero attached hydrogens (tertiary/aromatic N) is 6. The third kappa shape index (κ3) is 5.39. The SMILES string of the molecule is Cc1cc(Nc2nccn3c(-c4cn(CC5CC5)nc4C(F)(F)F)cnc23)ccc1S(C)(=O)=NCCCN. The highest BCUT2D eigenvalue weighted by Crippen LogP contribution is 2.38. The lowest BCUT2D eigenvalue weighted by molar-refractivity contribution is -0.141. The van der Waals surface area contributed by atoms with Crippen molar-refractivity contribution in [3.05, 3.63) is 54.2 Å². The summed E-state index contributed by atoms with van der Waals surface area (Å²) in [7, 11) is -2.57. The summed E-state index contributed by atoms with van der Waals surface area (Å²) >= 11 is 0. The van der Waals surface area contributed by atoms with E-state index in [1.54, 1.807) is 29.0 Å². The van der Waals surface area contributed by atoms with Crippen LogP contribution in [0.2, 0.25) is 0 Å². The van der Waals surface area contributed by atoms with Crippen molar-refractivity contribution in [3.63, 3.8) is 0 Å². The summed E-state index contributed by atoms with van der Waals surface area (Å²) in [5.74, 6) is 0.747. The standard InChI is InChI=1S/C25H29F3N8OS/c1-16-12-18(6-7-21(16)38(2,37)32-9-3-8-29)33-23-24-31-13-20(36(24)11-10-30-23)19-15-35(14-17-4-5-17)34-22(19)25(26,27)28/h6-7,10-13,15,17H,3-5,8-9,14,29H2,1-2H3,(H,30,33). The molecular weight excluding hydrogens is 517 g/mol. The smallest absolute Gasteiger partial charge is 0.337 e. The summed E-state index contributed by atoms with van der Waals surface area (Å²) in [5.41, 5.74) is 6.64. The molecule has 3 aromatic heterocycles. The summed E-state index contributed by atoms with van der Waals surface area (Å²) < 4.78 is 61.9. The maximum atomic E-state index is 13.9. The van der Waals surface area contributed by atoms with Crippen LogP contribution in [-0.4, -0.2) is 47.7 Å². The third-order valence-corrected chi connectivity index (χ3v) is 8.37. The van der Waals surface area contributed by atoms with E-state index in [0.29, 0.717) is 54.0 Å². The normalized spacial score (nSPS) is 15.5. The summed E-state index contributed by atoms with van der Waals surface area (Å²) in [6, 6.07) is 5.35. The van der Waals surface area contributed by atoms with Crippen molar-refractivity contribution in [2.24, 2.45) is 16.0 Å². The zero-order chi connectivity index (χ0) is 27.1. The van der Waals surface area contributed by atoms with Gasteiger partial charge in [-0.1, -0.05) is 0 Å². The number of hydrogen-bond acceptors (Lipinski definition) is 7. The van der Waals surface area contributed by atoms with Gasteiger partial charge in [-0.15, -0.1) is 0 Å². The molecule has 1 saturated carbocycles. The average molecular weight is 547 g/mol. The quantitative estimate of drug-likeness (QED) is 0.289. The van der Waals surface area contributed by atoms with E-state index in [1.807, 2.05) is 13.0 Å². The first-order chi connectivity index (χ1) is 18.1. The summed E-state index contributed by atoms with van der Waals surface area (Å²) in [4.78, 5) is 9.38. The van der Waals surface area contributed by atoms with Crippen LogP contribution >= 0.6 is 0 Å². The molecule has 5 rings (SSSR count). The van der Waals surface area contributed by atoms with Crippen LogP contribution in [0.1, 0.15) is 30.5 Å². The number of aryl methyl sites for hydroxylation is 1. The van der Waals surface area contributed by atoms with Gasteiger partial charge in [-0.05, 0) is 62.4 Å². The fourth-order valence-electron chi connectivity index (χ4n) is 4.37. The maximum Gasteiger partial charge on any atom is 0.435 e. The lowest BCUT2D eigenvalue weighted by Gasteiger charge is -2.12. The van der Waals surface area contributed by atoms with Crippen molar-refractivity contribution >= 4 is 26.9 Å². The predicted molar refractivity (Wildman–Crippen MR) is 140 cm³/mol. The van der Waals surface area contributed by atoms with Crippen LogP contribution in [0.4, 0.5) is 24.7 Å². The Morgan fingerprint density at radius 1 is 1.26 bits per heavy atom. The topological polar surface area (TPSA) is 115 Å². The van der Waals surface area contributed by atoms with Gasteiger partial charge in [0.05, 0.1) is 32.1 Å². The van der Waals surface area contributed by atoms with Gasteiger partial charge >= 0.3 is 6.18 Å². The Labute approximate surface area is 218 Å². The van der Waals surface area contributed by atoms with Crippen LogP contribution in [0, 0.1) is 12.8 Å². The molecule has 1 aliphatic carbocycles. The Hall–Kier alpha value is -3.45. The molecule has 13 heteroatoms. The fraction of sp³-hybridized carbons (Fsp3) is 0.400. The number of benzene rings is 1. The number of nitrogens with two attached hydrogens (primary N) is 1. The molecule has 202 valence electrons. The Balaban J connectivity index is 1.47. The molecule has 38 heavy (non-hydrogen) atoms. The molecule has 1 aromatic carbocycles. The van der Waals surface area contributed by atoms with E-state index >= 15 is 0 Å². The number of hydrogen-bond donors (Lipinski definition) is 2. The largest absolute Gasteiger partial charge is 0.435 e. The second kappa shape index (κ2) is 10.0. The molecule has 9 nitrogen and oxygen atoms in total. The summed E-state index contributed by atoms with van der Waals surface area (Å²) in [5, 5.41) is 7.05. The van der Waals surface area contributed by atoms with Gasteiger partial charge in [-0.25, -0.2) is 18.5 Å². The van der Waals surface area contributed by atoms with Crippen molar-refractivity contribution in [2.45, 2.75) is 43.8 Å². The molecule has 0 radical (unpaired) electrons. The molecule has 0 spiro atoms. The van der Waals surface area contributed by atoms with Crippen molar-refractivity contribution < 1.29 is 17.4 Å². The van der Waals surface area contributed by atoms with Gasteiger partial charge in [0.2, 0.25) is 0 Å². The van der Waals surface area contributed by atoms with Gasteiger partial charge in [-0.3, -0.25) is 9.08 Å². The molecule has 3 N–H and O–H groups in total. The second-order valence-electron chi connectivity index (χ2n) is 9.57. The van der Waals surface area contributed by atoms with E-state index in [1.165, 1.54) is 23.3 Å². The average Bonchev–Trinajstić information content (AvgIpc) is 3.38. The number of rotatable bonds is 9. The van der Waals surface area contributed by atoms with Crippen LogP contribution < -0.4 is 11.1 Å². The van der Waals surface area contributed by atoms with Crippen LogP contribution in [-0.2, 0) is 22.5 Å². The first-order valence-electron chi connectivity index (χ1n) is 12.3. The van der Waals surface area contributed by atoms with Gasteiger partial charge < -0.3 is 11.1 Å². The molecule has 0 saturated heterocycles. The highest BCUT2D eigenvalue weighted by Gasteiger charge is 2.39. The number of nitrogens with one attached hydrogen (secondary N) is 1. The second-order valence-corrected chi connectivity index (χ2v) is 11.9. The lowest BCUT2D eigenvalue weighted by atomic mass is 10.2. The molecule has 1 atom stereocenters. The molecule has 0 amide bonds. The number of aromatic nitrogens is 5. The van der Waals surface area contributed by atoms with Crippen LogP contribution in [0.15, 0.2) is 52.2 Å². The Kier molecular flexibility index (Phi) is 6.90. The molecule has 1 fully saturated rings. The van der Waals surface area contributed by atoms with E-state index in [4.69, 9.17) is 5.73 Å². The minimum absolute atomic E-state index is 0.0286. The van der Waals surface area contributed by atoms with Gasteiger partial charge in [-0.2, -0.15) is 18.3 Å². The van der Waals surface area contributed by atoms with Crippen molar-refractivity contribution in [1.29, 1.82) is 0 Å². The van der Waals surface area contributed by atoms with Crippen LogP contribution in [0.25, 0.3) is 16.9 Å². The molecule has 0 aliphatic heterocycles. The van der Waals surface area contributed by atoms with Gasteiger partial charge in [0.1, 0.15) is 0 Å². The zero-order valence-corrected chi connectivity index (χ0v) is 21.9. The maximum absolute atomic E-state index is 13.9. The number of imidazole rings is 1.